The molecular formula is C35H31N3O8. The third kappa shape index (κ3) is 5.97. The van der Waals surface area contributed by atoms with Gasteiger partial charge in [0.05, 0.1) is 25.9 Å². The first-order chi connectivity index (χ1) is 22.4. The number of benzene rings is 3. The highest BCUT2D eigenvalue weighted by Gasteiger charge is 2.47. The predicted molar refractivity (Wildman–Crippen MR) is 168 cm³/mol. The zero-order valence-corrected chi connectivity index (χ0v) is 24.6. The van der Waals surface area contributed by atoms with Crippen LogP contribution in [0.1, 0.15) is 16.7 Å². The van der Waals surface area contributed by atoms with Gasteiger partial charge in [-0.2, -0.15) is 0 Å². The summed E-state index contributed by atoms with van der Waals surface area (Å²) in [5.74, 6) is -1.93. The van der Waals surface area contributed by atoms with Gasteiger partial charge in [0.1, 0.15) is 0 Å². The summed E-state index contributed by atoms with van der Waals surface area (Å²) in [7, 11) is 0. The first-order valence-electron chi connectivity index (χ1n) is 15.0. The van der Waals surface area contributed by atoms with Gasteiger partial charge in [-0.3, -0.25) is 14.4 Å². The van der Waals surface area contributed by atoms with Gasteiger partial charge in [-0.1, -0.05) is 54.6 Å². The minimum Gasteiger partial charge on any atom is -0.456 e. The minimum atomic E-state index is -1.62. The van der Waals surface area contributed by atoms with Crippen molar-refractivity contribution in [1.29, 1.82) is 0 Å². The van der Waals surface area contributed by atoms with Crippen LogP contribution in [0.4, 0.5) is 0 Å². The molecule has 1 saturated heterocycles. The fraction of sp³-hybridized carbons (Fsp3) is 0.229. The Labute approximate surface area is 262 Å². The summed E-state index contributed by atoms with van der Waals surface area (Å²) in [5, 5.41) is 13.4. The molecule has 3 aromatic heterocycles. The van der Waals surface area contributed by atoms with Crippen LogP contribution in [0.3, 0.4) is 0 Å². The number of aromatic amines is 3. The molecule has 11 nitrogen and oxygen atoms in total. The lowest BCUT2D eigenvalue weighted by Crippen LogP contribution is -2.57. The Hall–Kier alpha value is -5.39. The van der Waals surface area contributed by atoms with E-state index in [2.05, 4.69) is 15.0 Å². The highest BCUT2D eigenvalue weighted by atomic mass is 16.7. The Kier molecular flexibility index (Phi) is 8.00. The van der Waals surface area contributed by atoms with E-state index in [1.54, 1.807) is 18.6 Å². The zero-order valence-electron chi connectivity index (χ0n) is 24.6. The second-order valence-electron chi connectivity index (χ2n) is 11.3. The maximum absolute atomic E-state index is 13.3. The van der Waals surface area contributed by atoms with E-state index in [0.717, 1.165) is 38.3 Å². The van der Waals surface area contributed by atoms with E-state index >= 15 is 0 Å². The van der Waals surface area contributed by atoms with Crippen molar-refractivity contribution in [2.24, 2.45) is 0 Å². The number of aliphatic hydroxyl groups excluding tert-OH is 1. The third-order valence-corrected chi connectivity index (χ3v) is 8.25. The average molecular weight is 622 g/mol. The molecule has 0 spiro atoms. The zero-order chi connectivity index (χ0) is 31.6. The summed E-state index contributed by atoms with van der Waals surface area (Å²) in [4.78, 5) is 49.1. The van der Waals surface area contributed by atoms with Crippen molar-refractivity contribution in [3.05, 3.63) is 108 Å². The van der Waals surface area contributed by atoms with Crippen molar-refractivity contribution in [2.75, 3.05) is 6.61 Å². The lowest BCUT2D eigenvalue weighted by Gasteiger charge is -2.38. The molecule has 1 fully saturated rings. The van der Waals surface area contributed by atoms with Crippen LogP contribution < -0.4 is 0 Å². The largest absolute Gasteiger partial charge is 0.456 e. The molecule has 46 heavy (non-hydrogen) atoms. The van der Waals surface area contributed by atoms with Crippen LogP contribution >= 0.6 is 0 Å². The molecule has 1 aliphatic heterocycles. The van der Waals surface area contributed by atoms with Crippen molar-refractivity contribution in [3.63, 3.8) is 0 Å². The summed E-state index contributed by atoms with van der Waals surface area (Å²) < 4.78 is 22.8. The molecule has 0 radical (unpaired) electrons. The van der Waals surface area contributed by atoms with Crippen molar-refractivity contribution in [3.8, 4) is 0 Å². The first-order valence-corrected chi connectivity index (χ1v) is 15.0. The van der Waals surface area contributed by atoms with Gasteiger partial charge in [-0.05, 0) is 34.9 Å². The summed E-state index contributed by atoms with van der Waals surface area (Å²) in [5.41, 5.74) is 4.72. The normalized spacial score (nSPS) is 19.8. The first kappa shape index (κ1) is 29.3. The second-order valence-corrected chi connectivity index (χ2v) is 11.3. The fourth-order valence-corrected chi connectivity index (χ4v) is 6.02. The SMILES string of the molecule is O=C(Cc1c[nH]c2ccccc12)O[C@H]1[C@H](OC(=O)Cc2c[nH]c3ccccc23)COC(O)[C@@H]1OC(=O)Cc1c[nH]c2ccccc12. The smallest absolute Gasteiger partial charge is 0.310 e. The molecule has 0 aliphatic carbocycles. The van der Waals surface area contributed by atoms with Gasteiger partial charge in [-0.15, -0.1) is 0 Å². The quantitative estimate of drug-likeness (QED) is 0.138. The van der Waals surface area contributed by atoms with Crippen molar-refractivity contribution < 1.29 is 38.4 Å². The highest BCUT2D eigenvalue weighted by molar-refractivity contribution is 5.89. The van der Waals surface area contributed by atoms with Crippen LogP contribution in [0.5, 0.6) is 0 Å². The van der Waals surface area contributed by atoms with Gasteiger partial charge in [-0.25, -0.2) is 0 Å². The van der Waals surface area contributed by atoms with Gasteiger partial charge in [0.25, 0.3) is 0 Å². The number of aliphatic hydroxyl groups is 1. The number of fused-ring (bicyclic) bond motifs is 3. The Balaban J connectivity index is 1.11. The minimum absolute atomic E-state index is 0.0654. The maximum Gasteiger partial charge on any atom is 0.310 e. The van der Waals surface area contributed by atoms with Gasteiger partial charge in [0.15, 0.2) is 24.6 Å². The molecule has 234 valence electrons. The number of carbonyl (C=O) groups excluding carboxylic acids is 3. The summed E-state index contributed by atoms with van der Waals surface area (Å²) >= 11 is 0. The van der Waals surface area contributed by atoms with Crippen molar-refractivity contribution in [2.45, 2.75) is 43.9 Å². The molecular weight excluding hydrogens is 590 g/mol. The number of para-hydroxylation sites is 3. The lowest BCUT2D eigenvalue weighted by atomic mass is 10.0. The Morgan fingerprint density at radius 1 is 0.609 bits per heavy atom. The van der Waals surface area contributed by atoms with Crippen LogP contribution in [0.25, 0.3) is 32.7 Å². The molecule has 0 amide bonds. The van der Waals surface area contributed by atoms with Crippen molar-refractivity contribution >= 4 is 50.6 Å². The lowest BCUT2D eigenvalue weighted by molar-refractivity contribution is -0.268. The van der Waals surface area contributed by atoms with Crippen molar-refractivity contribution in [1.82, 2.24) is 15.0 Å². The van der Waals surface area contributed by atoms with Crippen LogP contribution in [0, 0.1) is 0 Å². The average Bonchev–Trinajstić information content (AvgIpc) is 3.78. The molecule has 4 heterocycles. The predicted octanol–water partition coefficient (Wildman–Crippen LogP) is 4.24. The van der Waals surface area contributed by atoms with Gasteiger partial charge < -0.3 is 39.0 Å². The molecule has 1 aliphatic rings. The molecule has 3 aromatic carbocycles. The number of aromatic nitrogens is 3. The highest BCUT2D eigenvalue weighted by Crippen LogP contribution is 2.27. The monoisotopic (exact) mass is 621 g/mol. The van der Waals surface area contributed by atoms with E-state index in [1.807, 2.05) is 72.8 Å². The molecule has 1 unspecified atom stereocenters. The topological polar surface area (TPSA) is 156 Å². The fourth-order valence-electron chi connectivity index (χ4n) is 6.02. The number of esters is 3. The number of H-pyrrole nitrogens is 3. The Morgan fingerprint density at radius 3 is 1.46 bits per heavy atom. The van der Waals surface area contributed by atoms with Gasteiger partial charge in [0.2, 0.25) is 0 Å². The van der Waals surface area contributed by atoms with Crippen LogP contribution in [-0.4, -0.2) is 69.2 Å². The van der Waals surface area contributed by atoms with E-state index in [1.165, 1.54) is 0 Å². The number of rotatable bonds is 9. The maximum atomic E-state index is 13.3. The number of nitrogens with one attached hydrogen (secondary N) is 3. The molecule has 6 aromatic rings. The molecule has 4 atom stereocenters. The standard InChI is InChI=1S/C35H31N3O8/c39-30(13-20-16-36-26-10-4-1-7-23(20)26)44-29-19-43-35(42)34(46-32(41)15-22-18-38-28-12-6-3-9-25(22)28)33(29)45-31(40)14-21-17-37-27-11-5-2-8-24(21)27/h1-12,16-18,29,33-38,42H,13-15,19H2/t29-,33+,34-,35?/m1/s1. The van der Waals surface area contributed by atoms with Crippen LogP contribution in [-0.2, 0) is 52.6 Å². The third-order valence-electron chi connectivity index (χ3n) is 8.25. The second kappa shape index (κ2) is 12.5. The Bertz CT molecular complexity index is 2040. The van der Waals surface area contributed by atoms with E-state index in [0.29, 0.717) is 11.1 Å². The molecule has 7 rings (SSSR count). The number of carbonyl (C=O) groups is 3. The number of hydrogen-bond acceptors (Lipinski definition) is 8. The summed E-state index contributed by atoms with van der Waals surface area (Å²) in [6, 6.07) is 22.6. The molecule has 4 N–H and O–H groups in total. The number of hydrogen-bond donors (Lipinski definition) is 4. The van der Waals surface area contributed by atoms with E-state index in [-0.39, 0.29) is 25.9 Å². The van der Waals surface area contributed by atoms with E-state index in [4.69, 9.17) is 18.9 Å². The molecule has 0 bridgehead atoms. The van der Waals surface area contributed by atoms with Crippen LogP contribution in [0.15, 0.2) is 91.4 Å². The van der Waals surface area contributed by atoms with E-state index in [9.17, 15) is 19.5 Å². The Morgan fingerprint density at radius 2 is 1.00 bits per heavy atom. The number of ether oxygens (including phenoxy) is 4. The van der Waals surface area contributed by atoms with Gasteiger partial charge >= 0.3 is 17.9 Å². The van der Waals surface area contributed by atoms with Gasteiger partial charge in [0, 0.05) is 51.3 Å². The summed E-state index contributed by atoms with van der Waals surface area (Å²) in [6.45, 7) is -0.275. The van der Waals surface area contributed by atoms with E-state index < -0.39 is 42.5 Å². The molecule has 0 saturated carbocycles. The van der Waals surface area contributed by atoms with Crippen LogP contribution in [0.2, 0.25) is 0 Å². The summed E-state index contributed by atoms with van der Waals surface area (Å²) in [6.07, 6.45) is -0.677. The molecule has 11 heteroatoms.